The molecule has 1 fully saturated rings. The maximum absolute atomic E-state index is 13.9. The molecule has 0 spiro atoms. The summed E-state index contributed by atoms with van der Waals surface area (Å²) in [5.74, 6) is -1.81. The smallest absolute Gasteiger partial charge is 0.229 e. The molecule has 1 atom stereocenters. The molecule has 0 bridgehead atoms. The van der Waals surface area contributed by atoms with E-state index in [1.54, 1.807) is 36.4 Å². The molecule has 134 valence electrons. The van der Waals surface area contributed by atoms with Crippen LogP contribution in [0.25, 0.3) is 0 Å². The monoisotopic (exact) mass is 355 g/mol. The second kappa shape index (κ2) is 7.35. The third kappa shape index (κ3) is 3.88. The molecule has 0 unspecified atom stereocenters. The fraction of sp³-hybridized carbons (Fsp3) is 0.211. The zero-order valence-electron chi connectivity index (χ0n) is 14.2. The Hall–Kier alpha value is -3.22. The van der Waals surface area contributed by atoms with Crippen LogP contribution < -0.4 is 15.5 Å². The van der Waals surface area contributed by atoms with E-state index in [1.807, 2.05) is 0 Å². The maximum Gasteiger partial charge on any atom is 0.229 e. The summed E-state index contributed by atoms with van der Waals surface area (Å²) in [4.78, 5) is 36.9. The van der Waals surface area contributed by atoms with E-state index >= 15 is 0 Å². The summed E-state index contributed by atoms with van der Waals surface area (Å²) >= 11 is 0. The predicted molar refractivity (Wildman–Crippen MR) is 96.2 cm³/mol. The normalized spacial score (nSPS) is 16.5. The largest absolute Gasteiger partial charge is 0.326 e. The second-order valence-electron chi connectivity index (χ2n) is 6.10. The van der Waals surface area contributed by atoms with E-state index in [2.05, 4.69) is 10.6 Å². The van der Waals surface area contributed by atoms with Crippen molar-refractivity contribution >= 4 is 34.8 Å². The van der Waals surface area contributed by atoms with Gasteiger partial charge in [-0.2, -0.15) is 0 Å². The number of hydrogen-bond donors (Lipinski definition) is 2. The number of nitrogens with zero attached hydrogens (tertiary/aromatic N) is 1. The highest BCUT2D eigenvalue weighted by Crippen LogP contribution is 2.28. The lowest BCUT2D eigenvalue weighted by Crippen LogP contribution is -2.28. The summed E-state index contributed by atoms with van der Waals surface area (Å²) in [5.41, 5.74) is 1.37. The number of carbonyl (C=O) groups is 3. The predicted octanol–water partition coefficient (Wildman–Crippen LogP) is 2.78. The minimum absolute atomic E-state index is 0.0319. The molecule has 7 heteroatoms. The van der Waals surface area contributed by atoms with Crippen molar-refractivity contribution in [1.82, 2.24) is 0 Å². The number of nitrogens with one attached hydrogen (secondary N) is 2. The van der Waals surface area contributed by atoms with Gasteiger partial charge in [0.25, 0.3) is 0 Å². The van der Waals surface area contributed by atoms with Gasteiger partial charge in [0.2, 0.25) is 17.7 Å². The molecule has 3 rings (SSSR count). The number of halogens is 1. The van der Waals surface area contributed by atoms with Gasteiger partial charge in [0, 0.05) is 31.3 Å². The maximum atomic E-state index is 13.9. The Morgan fingerprint density at radius 3 is 2.27 bits per heavy atom. The van der Waals surface area contributed by atoms with E-state index in [4.69, 9.17) is 0 Å². The molecule has 3 amide bonds. The van der Waals surface area contributed by atoms with Crippen molar-refractivity contribution < 1.29 is 18.8 Å². The lowest BCUT2D eigenvalue weighted by molar-refractivity contribution is -0.122. The Kier molecular flexibility index (Phi) is 4.97. The number of anilines is 3. The molecule has 0 aliphatic carbocycles. The summed E-state index contributed by atoms with van der Waals surface area (Å²) < 4.78 is 13.9. The SMILES string of the molecule is CC(=O)Nc1ccc(NC(=O)[C@H]2CC(=O)N(c3ccccc3F)C2)cc1. The third-order valence-corrected chi connectivity index (χ3v) is 4.11. The third-order valence-electron chi connectivity index (χ3n) is 4.11. The van der Waals surface area contributed by atoms with E-state index in [-0.39, 0.29) is 36.4 Å². The standard InChI is InChI=1S/C19H18FN3O3/c1-12(24)21-14-6-8-15(9-7-14)22-19(26)13-10-18(25)23(11-13)17-5-3-2-4-16(17)20/h2-9,13H,10-11H2,1H3,(H,21,24)(H,22,26)/t13-/m0/s1. The summed E-state index contributed by atoms with van der Waals surface area (Å²) in [5, 5.41) is 5.38. The van der Waals surface area contributed by atoms with Gasteiger partial charge in [0.05, 0.1) is 11.6 Å². The molecule has 1 heterocycles. The molecule has 2 aromatic rings. The fourth-order valence-electron chi connectivity index (χ4n) is 2.87. The van der Waals surface area contributed by atoms with Crippen LogP contribution in [-0.4, -0.2) is 24.3 Å². The van der Waals surface area contributed by atoms with E-state index in [1.165, 1.54) is 24.0 Å². The first-order chi connectivity index (χ1) is 12.4. The Bertz CT molecular complexity index is 851. The van der Waals surface area contributed by atoms with E-state index < -0.39 is 11.7 Å². The zero-order valence-corrected chi connectivity index (χ0v) is 14.2. The van der Waals surface area contributed by atoms with Gasteiger partial charge < -0.3 is 15.5 Å². The van der Waals surface area contributed by atoms with Crippen LogP contribution in [0, 0.1) is 11.7 Å². The van der Waals surface area contributed by atoms with Crippen LogP contribution in [0.5, 0.6) is 0 Å². The quantitative estimate of drug-likeness (QED) is 0.885. The Balaban J connectivity index is 1.65. The van der Waals surface area contributed by atoms with Gasteiger partial charge in [-0.15, -0.1) is 0 Å². The Labute approximate surface area is 150 Å². The van der Waals surface area contributed by atoms with Crippen molar-refractivity contribution in [3.05, 3.63) is 54.3 Å². The fourth-order valence-corrected chi connectivity index (χ4v) is 2.87. The van der Waals surface area contributed by atoms with Crippen molar-refractivity contribution in [3.63, 3.8) is 0 Å². The number of benzene rings is 2. The molecule has 0 saturated carbocycles. The first-order valence-electron chi connectivity index (χ1n) is 8.17. The van der Waals surface area contributed by atoms with Crippen LogP contribution in [0.2, 0.25) is 0 Å². The molecule has 2 N–H and O–H groups in total. The van der Waals surface area contributed by atoms with Crippen LogP contribution in [0.3, 0.4) is 0 Å². The Morgan fingerprint density at radius 1 is 1.04 bits per heavy atom. The van der Waals surface area contributed by atoms with Crippen LogP contribution in [-0.2, 0) is 14.4 Å². The van der Waals surface area contributed by atoms with Gasteiger partial charge in [0.1, 0.15) is 5.82 Å². The highest BCUT2D eigenvalue weighted by molar-refractivity contribution is 6.03. The first kappa shape index (κ1) is 17.6. The second-order valence-corrected chi connectivity index (χ2v) is 6.10. The summed E-state index contributed by atoms with van der Waals surface area (Å²) in [6.07, 6.45) is 0.0319. The van der Waals surface area contributed by atoms with Gasteiger partial charge >= 0.3 is 0 Å². The van der Waals surface area contributed by atoms with Crippen molar-refractivity contribution in [1.29, 1.82) is 0 Å². The molecule has 6 nitrogen and oxygen atoms in total. The van der Waals surface area contributed by atoms with Crippen LogP contribution in [0.15, 0.2) is 48.5 Å². The van der Waals surface area contributed by atoms with Crippen molar-refractivity contribution in [2.45, 2.75) is 13.3 Å². The van der Waals surface area contributed by atoms with Gasteiger partial charge in [0.15, 0.2) is 0 Å². The van der Waals surface area contributed by atoms with Crippen LogP contribution >= 0.6 is 0 Å². The topological polar surface area (TPSA) is 78.5 Å². The molecule has 0 aromatic heterocycles. The molecule has 1 saturated heterocycles. The van der Waals surface area contributed by atoms with Gasteiger partial charge in [-0.3, -0.25) is 14.4 Å². The number of carbonyl (C=O) groups excluding carboxylic acids is 3. The summed E-state index contributed by atoms with van der Waals surface area (Å²) in [6.45, 7) is 1.55. The molecule has 26 heavy (non-hydrogen) atoms. The van der Waals surface area contributed by atoms with Crippen molar-refractivity contribution in [2.75, 3.05) is 22.1 Å². The molecular formula is C19H18FN3O3. The molecule has 0 radical (unpaired) electrons. The van der Waals surface area contributed by atoms with Gasteiger partial charge in [-0.25, -0.2) is 4.39 Å². The summed E-state index contributed by atoms with van der Waals surface area (Å²) in [6, 6.07) is 12.7. The Morgan fingerprint density at radius 2 is 1.65 bits per heavy atom. The molecule has 1 aliphatic heterocycles. The van der Waals surface area contributed by atoms with Gasteiger partial charge in [-0.05, 0) is 36.4 Å². The first-order valence-corrected chi connectivity index (χ1v) is 8.17. The van der Waals surface area contributed by atoms with E-state index in [9.17, 15) is 18.8 Å². The number of para-hydroxylation sites is 1. The molecule has 1 aliphatic rings. The van der Waals surface area contributed by atoms with E-state index in [0.29, 0.717) is 11.4 Å². The van der Waals surface area contributed by atoms with Gasteiger partial charge in [-0.1, -0.05) is 12.1 Å². The molecular weight excluding hydrogens is 337 g/mol. The van der Waals surface area contributed by atoms with Crippen molar-refractivity contribution in [2.24, 2.45) is 5.92 Å². The molecule has 2 aromatic carbocycles. The van der Waals surface area contributed by atoms with Crippen LogP contribution in [0.1, 0.15) is 13.3 Å². The van der Waals surface area contributed by atoms with E-state index in [0.717, 1.165) is 0 Å². The highest BCUT2D eigenvalue weighted by Gasteiger charge is 2.36. The number of amides is 3. The summed E-state index contributed by atoms with van der Waals surface area (Å²) in [7, 11) is 0. The zero-order chi connectivity index (χ0) is 18.7. The lowest BCUT2D eigenvalue weighted by Gasteiger charge is -2.17. The van der Waals surface area contributed by atoms with Crippen LogP contribution in [0.4, 0.5) is 21.5 Å². The highest BCUT2D eigenvalue weighted by atomic mass is 19.1. The average molecular weight is 355 g/mol. The number of rotatable bonds is 4. The average Bonchev–Trinajstić information content (AvgIpc) is 2.98. The minimum Gasteiger partial charge on any atom is -0.326 e. The minimum atomic E-state index is -0.558. The lowest BCUT2D eigenvalue weighted by atomic mass is 10.1. The number of hydrogen-bond acceptors (Lipinski definition) is 3. The van der Waals surface area contributed by atoms with Crippen molar-refractivity contribution in [3.8, 4) is 0 Å².